The Hall–Kier alpha value is -2.34. The molecule has 0 unspecified atom stereocenters. The number of hydrogen-bond donors (Lipinski definition) is 1. The van der Waals surface area contributed by atoms with Crippen molar-refractivity contribution in [3.8, 4) is 0 Å². The van der Waals surface area contributed by atoms with Crippen molar-refractivity contribution in [2.45, 2.75) is 17.7 Å². The molecule has 3 rings (SSSR count). The SMILES string of the molecule is O=S(=O)(NN=C1CCN(c2ccccc2)CC1)c1ccccc1. The standard InChI is InChI=1S/C17H19N3O2S/c21-23(22,17-9-5-2-6-10-17)19-18-15-11-13-20(14-12-15)16-7-3-1-4-8-16/h1-10,19H,11-14H2. The molecule has 1 aliphatic rings. The highest BCUT2D eigenvalue weighted by Gasteiger charge is 2.17. The molecule has 1 aliphatic heterocycles. The van der Waals surface area contributed by atoms with Gasteiger partial charge in [0.05, 0.1) is 4.90 Å². The Bertz CT molecular complexity index is 764. The first-order valence-corrected chi connectivity index (χ1v) is 9.06. The van der Waals surface area contributed by atoms with Crippen LogP contribution in [0, 0.1) is 0 Å². The molecule has 6 heteroatoms. The summed E-state index contributed by atoms with van der Waals surface area (Å²) >= 11 is 0. The topological polar surface area (TPSA) is 61.8 Å². The van der Waals surface area contributed by atoms with E-state index in [0.717, 1.165) is 31.6 Å². The van der Waals surface area contributed by atoms with Gasteiger partial charge < -0.3 is 4.90 Å². The molecule has 1 saturated heterocycles. The van der Waals surface area contributed by atoms with Gasteiger partial charge in [0.25, 0.3) is 10.0 Å². The average Bonchev–Trinajstić information content (AvgIpc) is 2.62. The van der Waals surface area contributed by atoms with Gasteiger partial charge in [-0.1, -0.05) is 36.4 Å². The average molecular weight is 329 g/mol. The predicted molar refractivity (Wildman–Crippen MR) is 92.1 cm³/mol. The molecule has 1 N–H and O–H groups in total. The highest BCUT2D eigenvalue weighted by Crippen LogP contribution is 2.18. The number of benzene rings is 2. The number of rotatable bonds is 4. The van der Waals surface area contributed by atoms with Gasteiger partial charge in [-0.2, -0.15) is 13.5 Å². The Morgan fingerprint density at radius 3 is 2.04 bits per heavy atom. The van der Waals surface area contributed by atoms with E-state index < -0.39 is 10.0 Å². The molecule has 23 heavy (non-hydrogen) atoms. The van der Waals surface area contributed by atoms with Gasteiger partial charge in [-0.15, -0.1) is 0 Å². The molecule has 2 aromatic carbocycles. The second-order valence-corrected chi connectivity index (χ2v) is 7.07. The zero-order chi connectivity index (χ0) is 16.1. The molecule has 5 nitrogen and oxygen atoms in total. The van der Waals surface area contributed by atoms with E-state index in [2.05, 4.69) is 27.0 Å². The predicted octanol–water partition coefficient (Wildman–Crippen LogP) is 2.62. The third-order valence-electron chi connectivity index (χ3n) is 3.84. The van der Waals surface area contributed by atoms with Crippen molar-refractivity contribution >= 4 is 21.4 Å². The van der Waals surface area contributed by atoms with Crippen LogP contribution in [-0.2, 0) is 10.0 Å². The number of nitrogens with zero attached hydrogens (tertiary/aromatic N) is 2. The lowest BCUT2D eigenvalue weighted by atomic mass is 10.1. The first kappa shape index (κ1) is 15.6. The number of hydrazone groups is 1. The fourth-order valence-electron chi connectivity index (χ4n) is 2.55. The quantitative estimate of drug-likeness (QED) is 0.877. The summed E-state index contributed by atoms with van der Waals surface area (Å²) in [7, 11) is -3.58. The van der Waals surface area contributed by atoms with E-state index in [0.29, 0.717) is 0 Å². The fourth-order valence-corrected chi connectivity index (χ4v) is 3.42. The molecule has 0 aromatic heterocycles. The summed E-state index contributed by atoms with van der Waals surface area (Å²) < 4.78 is 24.3. The third-order valence-corrected chi connectivity index (χ3v) is 5.06. The van der Waals surface area contributed by atoms with Crippen LogP contribution in [0.4, 0.5) is 5.69 Å². The van der Waals surface area contributed by atoms with Gasteiger partial charge in [-0.25, -0.2) is 4.83 Å². The van der Waals surface area contributed by atoms with Crippen LogP contribution in [0.1, 0.15) is 12.8 Å². The molecule has 0 amide bonds. The van der Waals surface area contributed by atoms with E-state index in [-0.39, 0.29) is 4.90 Å². The molecule has 0 spiro atoms. The smallest absolute Gasteiger partial charge is 0.276 e. The van der Waals surface area contributed by atoms with Gasteiger partial charge in [0.2, 0.25) is 0 Å². The van der Waals surface area contributed by atoms with Crippen molar-refractivity contribution < 1.29 is 8.42 Å². The largest absolute Gasteiger partial charge is 0.371 e. The van der Waals surface area contributed by atoms with E-state index in [9.17, 15) is 8.42 Å². The second kappa shape index (κ2) is 6.83. The third kappa shape index (κ3) is 3.90. The lowest BCUT2D eigenvalue weighted by Gasteiger charge is -2.29. The van der Waals surface area contributed by atoms with Gasteiger partial charge in [0.1, 0.15) is 0 Å². The highest BCUT2D eigenvalue weighted by molar-refractivity contribution is 7.89. The summed E-state index contributed by atoms with van der Waals surface area (Å²) in [6.45, 7) is 1.69. The van der Waals surface area contributed by atoms with Crippen LogP contribution in [0.2, 0.25) is 0 Å². The van der Waals surface area contributed by atoms with Gasteiger partial charge in [0, 0.05) is 37.3 Å². The summed E-state index contributed by atoms with van der Waals surface area (Å²) in [6, 6.07) is 18.5. The maximum absolute atomic E-state index is 12.1. The molecule has 1 heterocycles. The minimum atomic E-state index is -3.58. The molecule has 0 aliphatic carbocycles. The maximum atomic E-state index is 12.1. The summed E-state index contributed by atoms with van der Waals surface area (Å²) in [5.74, 6) is 0. The zero-order valence-electron chi connectivity index (χ0n) is 12.7. The molecule has 0 saturated carbocycles. The van der Waals surface area contributed by atoms with E-state index in [1.54, 1.807) is 30.3 Å². The lowest BCUT2D eigenvalue weighted by molar-refractivity contribution is 0.583. The minimum absolute atomic E-state index is 0.228. The van der Waals surface area contributed by atoms with Crippen molar-refractivity contribution in [2.75, 3.05) is 18.0 Å². The maximum Gasteiger partial charge on any atom is 0.276 e. The van der Waals surface area contributed by atoms with Crippen LogP contribution in [0.3, 0.4) is 0 Å². The number of hydrogen-bond acceptors (Lipinski definition) is 4. The van der Waals surface area contributed by atoms with Crippen LogP contribution in [0.15, 0.2) is 70.7 Å². The van der Waals surface area contributed by atoms with Crippen molar-refractivity contribution in [1.29, 1.82) is 0 Å². The summed E-state index contributed by atoms with van der Waals surface area (Å²) in [6.07, 6.45) is 1.51. The van der Waals surface area contributed by atoms with Crippen LogP contribution in [-0.4, -0.2) is 27.2 Å². The van der Waals surface area contributed by atoms with E-state index in [1.165, 1.54) is 5.69 Å². The van der Waals surface area contributed by atoms with E-state index in [4.69, 9.17) is 0 Å². The highest BCUT2D eigenvalue weighted by atomic mass is 32.2. The summed E-state index contributed by atoms with van der Waals surface area (Å²) in [4.78, 5) is 4.85. The Morgan fingerprint density at radius 1 is 0.870 bits per heavy atom. The van der Waals surface area contributed by atoms with Crippen LogP contribution in [0.25, 0.3) is 0 Å². The molecule has 0 atom stereocenters. The Morgan fingerprint density at radius 2 is 1.43 bits per heavy atom. The molecule has 0 bridgehead atoms. The fraction of sp³-hybridized carbons (Fsp3) is 0.235. The molecule has 120 valence electrons. The lowest BCUT2D eigenvalue weighted by Crippen LogP contribution is -2.34. The number of nitrogens with one attached hydrogen (secondary N) is 1. The summed E-state index contributed by atoms with van der Waals surface area (Å²) in [5.41, 5.74) is 2.08. The number of para-hydroxylation sites is 1. The molecule has 2 aromatic rings. The first-order valence-electron chi connectivity index (χ1n) is 7.57. The second-order valence-electron chi connectivity index (χ2n) is 5.41. The zero-order valence-corrected chi connectivity index (χ0v) is 13.5. The van der Waals surface area contributed by atoms with Gasteiger partial charge in [-0.05, 0) is 24.3 Å². The number of anilines is 1. The normalized spacial score (nSPS) is 15.3. The molecule has 1 fully saturated rings. The van der Waals surface area contributed by atoms with Gasteiger partial charge >= 0.3 is 0 Å². The van der Waals surface area contributed by atoms with E-state index in [1.807, 2.05) is 18.2 Å². The van der Waals surface area contributed by atoms with Crippen LogP contribution >= 0.6 is 0 Å². The van der Waals surface area contributed by atoms with Crippen molar-refractivity contribution in [2.24, 2.45) is 5.10 Å². The van der Waals surface area contributed by atoms with Crippen LogP contribution in [0.5, 0.6) is 0 Å². The molecule has 0 radical (unpaired) electrons. The molecular weight excluding hydrogens is 310 g/mol. The number of sulfonamides is 1. The number of piperidine rings is 1. The Labute approximate surface area is 136 Å². The monoisotopic (exact) mass is 329 g/mol. The molecular formula is C17H19N3O2S. The van der Waals surface area contributed by atoms with Crippen molar-refractivity contribution in [3.05, 3.63) is 60.7 Å². The minimum Gasteiger partial charge on any atom is -0.371 e. The van der Waals surface area contributed by atoms with Crippen LogP contribution < -0.4 is 9.73 Å². The Kier molecular flexibility index (Phi) is 4.62. The van der Waals surface area contributed by atoms with Crippen molar-refractivity contribution in [3.63, 3.8) is 0 Å². The first-order chi connectivity index (χ1) is 11.1. The Balaban J connectivity index is 1.61. The van der Waals surface area contributed by atoms with Crippen molar-refractivity contribution in [1.82, 2.24) is 4.83 Å². The van der Waals surface area contributed by atoms with Gasteiger partial charge in [0.15, 0.2) is 0 Å². The summed E-state index contributed by atoms with van der Waals surface area (Å²) in [5, 5.41) is 4.11. The van der Waals surface area contributed by atoms with E-state index >= 15 is 0 Å². The van der Waals surface area contributed by atoms with Gasteiger partial charge in [-0.3, -0.25) is 0 Å².